The zero-order chi connectivity index (χ0) is 11.3. The van der Waals surface area contributed by atoms with Gasteiger partial charge in [-0.15, -0.1) is 0 Å². The Bertz CT molecular complexity index is 375. The summed E-state index contributed by atoms with van der Waals surface area (Å²) in [5, 5.41) is 9.54. The van der Waals surface area contributed by atoms with E-state index in [1.165, 1.54) is 6.26 Å². The van der Waals surface area contributed by atoms with E-state index in [-0.39, 0.29) is 17.6 Å². The first-order chi connectivity index (χ1) is 7.05. The molecule has 1 aromatic rings. The van der Waals surface area contributed by atoms with Gasteiger partial charge in [0.05, 0.1) is 6.26 Å². The third-order valence-electron chi connectivity index (χ3n) is 1.75. The first kappa shape index (κ1) is 12.7. The molecule has 2 N–H and O–H groups in total. The van der Waals surface area contributed by atoms with E-state index >= 15 is 0 Å². The summed E-state index contributed by atoms with van der Waals surface area (Å²) < 4.78 is 29.2. The Morgan fingerprint density at radius 3 is 2.87 bits per heavy atom. The molecule has 0 aliphatic heterocycles. The maximum absolute atomic E-state index is 11.0. The number of rotatable bonds is 6. The highest BCUT2D eigenvalue weighted by atomic mass is 79.9. The molecule has 1 heterocycles. The zero-order valence-corrected chi connectivity index (χ0v) is 10.3. The molecular weight excluding hydrogens is 286 g/mol. The minimum atomic E-state index is -3.26. The van der Waals surface area contributed by atoms with E-state index in [2.05, 4.69) is 20.7 Å². The van der Waals surface area contributed by atoms with Crippen molar-refractivity contribution in [2.24, 2.45) is 0 Å². The number of alkyl halides is 1. The Hall–Kier alpha value is -0.370. The van der Waals surface area contributed by atoms with Gasteiger partial charge in [-0.1, -0.05) is 15.9 Å². The molecule has 0 aliphatic carbocycles. The molecule has 1 aromatic heterocycles. The second-order valence-corrected chi connectivity index (χ2v) is 6.05. The van der Waals surface area contributed by atoms with Gasteiger partial charge >= 0.3 is 0 Å². The van der Waals surface area contributed by atoms with Gasteiger partial charge in [0.25, 0.3) is 0 Å². The Kier molecular flexibility index (Phi) is 4.78. The standard InChI is InChI=1S/C8H12BrNO4S/c9-6-15(12,13)10-4-3-7(11)8-2-1-5-14-8/h1-2,5,7,10-11H,3-4,6H2. The summed E-state index contributed by atoms with van der Waals surface area (Å²) in [6, 6.07) is 3.31. The van der Waals surface area contributed by atoms with Gasteiger partial charge in [0.1, 0.15) is 16.5 Å². The predicted molar refractivity (Wildman–Crippen MR) is 59.0 cm³/mol. The summed E-state index contributed by atoms with van der Waals surface area (Å²) in [5.74, 6) is 0.438. The largest absolute Gasteiger partial charge is 0.467 e. The lowest BCUT2D eigenvalue weighted by Gasteiger charge is -2.08. The molecule has 0 fully saturated rings. The molecule has 86 valence electrons. The van der Waals surface area contributed by atoms with Crippen LogP contribution in [0.2, 0.25) is 0 Å². The second-order valence-electron chi connectivity index (χ2n) is 2.94. The smallest absolute Gasteiger partial charge is 0.221 e. The molecule has 1 unspecified atom stereocenters. The first-order valence-corrected chi connectivity index (χ1v) is 7.07. The van der Waals surface area contributed by atoms with E-state index < -0.39 is 16.1 Å². The van der Waals surface area contributed by atoms with Crippen molar-refractivity contribution in [1.29, 1.82) is 0 Å². The number of halogens is 1. The first-order valence-electron chi connectivity index (χ1n) is 4.30. The quantitative estimate of drug-likeness (QED) is 0.767. The molecule has 0 saturated carbocycles. The topological polar surface area (TPSA) is 79.5 Å². The van der Waals surface area contributed by atoms with Crippen LogP contribution in [0.15, 0.2) is 22.8 Å². The summed E-state index contributed by atoms with van der Waals surface area (Å²) in [7, 11) is -3.26. The fraction of sp³-hybridized carbons (Fsp3) is 0.500. The third kappa shape index (κ3) is 4.33. The minimum absolute atomic E-state index is 0.142. The fourth-order valence-corrected chi connectivity index (χ4v) is 2.00. The van der Waals surface area contributed by atoms with Crippen LogP contribution in [0.4, 0.5) is 0 Å². The normalized spacial score (nSPS) is 14.0. The molecule has 5 nitrogen and oxygen atoms in total. The molecular formula is C8H12BrNO4S. The monoisotopic (exact) mass is 297 g/mol. The lowest BCUT2D eigenvalue weighted by molar-refractivity contribution is 0.142. The van der Waals surface area contributed by atoms with E-state index in [9.17, 15) is 13.5 Å². The molecule has 7 heteroatoms. The van der Waals surface area contributed by atoms with Crippen molar-refractivity contribution in [3.63, 3.8) is 0 Å². The van der Waals surface area contributed by atoms with Crippen LogP contribution in [-0.4, -0.2) is 24.7 Å². The fourth-order valence-electron chi connectivity index (χ4n) is 1.01. The van der Waals surface area contributed by atoms with Crippen LogP contribution in [0, 0.1) is 0 Å². The molecule has 0 aliphatic rings. The number of nitrogens with one attached hydrogen (secondary N) is 1. The van der Waals surface area contributed by atoms with Gasteiger partial charge in [-0.2, -0.15) is 0 Å². The SMILES string of the molecule is O=S(=O)(CBr)NCCC(O)c1ccco1. The van der Waals surface area contributed by atoms with Crippen LogP contribution in [0.25, 0.3) is 0 Å². The third-order valence-corrected chi connectivity index (χ3v) is 4.49. The van der Waals surface area contributed by atoms with E-state index in [1.54, 1.807) is 12.1 Å². The van der Waals surface area contributed by atoms with Crippen LogP contribution in [0.3, 0.4) is 0 Å². The molecule has 0 saturated heterocycles. The van der Waals surface area contributed by atoms with Gasteiger partial charge < -0.3 is 9.52 Å². The average Bonchev–Trinajstić information content (AvgIpc) is 2.70. The van der Waals surface area contributed by atoms with Crippen LogP contribution in [0.5, 0.6) is 0 Å². The van der Waals surface area contributed by atoms with Crippen molar-refractivity contribution in [2.75, 3.05) is 11.2 Å². The Morgan fingerprint density at radius 2 is 2.33 bits per heavy atom. The molecule has 15 heavy (non-hydrogen) atoms. The summed E-state index contributed by atoms with van der Waals surface area (Å²) >= 11 is 2.85. The highest BCUT2D eigenvalue weighted by Gasteiger charge is 2.12. The van der Waals surface area contributed by atoms with Crippen molar-refractivity contribution in [1.82, 2.24) is 4.72 Å². The Labute approximate surface area is 96.7 Å². The van der Waals surface area contributed by atoms with Crippen LogP contribution in [-0.2, 0) is 10.0 Å². The van der Waals surface area contributed by atoms with Gasteiger partial charge in [0.15, 0.2) is 0 Å². The van der Waals surface area contributed by atoms with Crippen LogP contribution < -0.4 is 4.72 Å². The summed E-state index contributed by atoms with van der Waals surface area (Å²) in [6.07, 6.45) is 0.957. The maximum atomic E-state index is 11.0. The van der Waals surface area contributed by atoms with Crippen molar-refractivity contribution in [2.45, 2.75) is 12.5 Å². The Balaban J connectivity index is 2.33. The Morgan fingerprint density at radius 1 is 1.60 bits per heavy atom. The number of aliphatic hydroxyl groups excluding tert-OH is 1. The van der Waals surface area contributed by atoms with Gasteiger partial charge in [0.2, 0.25) is 10.0 Å². The van der Waals surface area contributed by atoms with E-state index in [0.29, 0.717) is 5.76 Å². The number of aliphatic hydroxyl groups is 1. The molecule has 0 amide bonds. The molecule has 0 radical (unpaired) electrons. The molecule has 1 rings (SSSR count). The van der Waals surface area contributed by atoms with Crippen molar-refractivity contribution >= 4 is 26.0 Å². The average molecular weight is 298 g/mol. The van der Waals surface area contributed by atoms with Crippen molar-refractivity contribution < 1.29 is 17.9 Å². The lowest BCUT2D eigenvalue weighted by Crippen LogP contribution is -2.26. The van der Waals surface area contributed by atoms with Crippen molar-refractivity contribution in [3.8, 4) is 0 Å². The van der Waals surface area contributed by atoms with Gasteiger partial charge in [0, 0.05) is 6.54 Å². The zero-order valence-electron chi connectivity index (χ0n) is 7.89. The molecule has 1 atom stereocenters. The number of sulfonamides is 1. The number of hydrogen-bond donors (Lipinski definition) is 2. The van der Waals surface area contributed by atoms with E-state index in [4.69, 9.17) is 4.42 Å². The van der Waals surface area contributed by atoms with Crippen LogP contribution >= 0.6 is 15.9 Å². The summed E-state index contributed by atoms with van der Waals surface area (Å²) in [6.45, 7) is 0.176. The van der Waals surface area contributed by atoms with Gasteiger partial charge in [-0.3, -0.25) is 0 Å². The summed E-state index contributed by atoms with van der Waals surface area (Å²) in [4.78, 5) is 0. The number of furan rings is 1. The van der Waals surface area contributed by atoms with Crippen molar-refractivity contribution in [3.05, 3.63) is 24.2 Å². The maximum Gasteiger partial charge on any atom is 0.221 e. The second kappa shape index (κ2) is 5.64. The molecule has 0 aromatic carbocycles. The highest BCUT2D eigenvalue weighted by molar-refractivity contribution is 9.10. The molecule has 0 bridgehead atoms. The van der Waals surface area contributed by atoms with Gasteiger partial charge in [-0.25, -0.2) is 13.1 Å². The van der Waals surface area contributed by atoms with Crippen LogP contribution in [0.1, 0.15) is 18.3 Å². The van der Waals surface area contributed by atoms with E-state index in [1.807, 2.05) is 0 Å². The minimum Gasteiger partial charge on any atom is -0.467 e. The van der Waals surface area contributed by atoms with Gasteiger partial charge in [-0.05, 0) is 18.6 Å². The summed E-state index contributed by atoms with van der Waals surface area (Å²) in [5.41, 5.74) is 0. The van der Waals surface area contributed by atoms with E-state index in [0.717, 1.165) is 0 Å². The lowest BCUT2D eigenvalue weighted by atomic mass is 10.2. The number of hydrogen-bond acceptors (Lipinski definition) is 4. The predicted octanol–water partition coefficient (Wildman–Crippen LogP) is 0.975. The molecule has 0 spiro atoms. The highest BCUT2D eigenvalue weighted by Crippen LogP contribution is 2.15.